The fraction of sp³-hybridized carbons (Fsp3) is 0.143. The zero-order valence-electron chi connectivity index (χ0n) is 10.2. The lowest BCUT2D eigenvalue weighted by Gasteiger charge is -2.02. The summed E-state index contributed by atoms with van der Waals surface area (Å²) >= 11 is 1.40. The highest BCUT2D eigenvalue weighted by molar-refractivity contribution is 8.00. The third-order valence-corrected chi connectivity index (χ3v) is 3.53. The first-order valence-electron chi connectivity index (χ1n) is 5.74. The fourth-order valence-corrected chi connectivity index (χ4v) is 2.34. The molecule has 0 saturated heterocycles. The second-order valence-electron chi connectivity index (χ2n) is 4.05. The van der Waals surface area contributed by atoms with E-state index in [-0.39, 0.29) is 11.6 Å². The Bertz CT molecular complexity index is 572. The number of nitrogens with two attached hydrogens (primary N) is 1. The van der Waals surface area contributed by atoms with E-state index >= 15 is 0 Å². The number of rotatable bonds is 5. The second-order valence-corrected chi connectivity index (χ2v) is 5.10. The predicted molar refractivity (Wildman–Crippen MR) is 74.5 cm³/mol. The number of hydrogen-bond acceptors (Lipinski definition) is 4. The highest BCUT2D eigenvalue weighted by Gasteiger charge is 2.05. The SMILES string of the molecule is Nc1cc(CC(=O)CSc2ccc(F)cc2)ccn1. The molecule has 2 aromatic rings. The second kappa shape index (κ2) is 6.33. The van der Waals surface area contributed by atoms with Crippen molar-refractivity contribution in [3.63, 3.8) is 0 Å². The van der Waals surface area contributed by atoms with Crippen molar-refractivity contribution < 1.29 is 9.18 Å². The van der Waals surface area contributed by atoms with Crippen LogP contribution in [0.1, 0.15) is 5.56 Å². The number of anilines is 1. The molecule has 0 spiro atoms. The Hall–Kier alpha value is -1.88. The van der Waals surface area contributed by atoms with E-state index in [1.54, 1.807) is 30.5 Å². The van der Waals surface area contributed by atoms with Crippen LogP contribution in [0.5, 0.6) is 0 Å². The molecule has 1 heterocycles. The maximum atomic E-state index is 12.7. The molecule has 0 amide bonds. The van der Waals surface area contributed by atoms with Gasteiger partial charge in [-0.1, -0.05) is 0 Å². The maximum Gasteiger partial charge on any atom is 0.147 e. The van der Waals surface area contributed by atoms with Crippen LogP contribution in [0.3, 0.4) is 0 Å². The number of halogens is 1. The van der Waals surface area contributed by atoms with Gasteiger partial charge < -0.3 is 5.73 Å². The number of carbonyl (C=O) groups is 1. The lowest BCUT2D eigenvalue weighted by atomic mass is 10.1. The number of ketones is 1. The largest absolute Gasteiger partial charge is 0.384 e. The molecule has 0 aliphatic rings. The van der Waals surface area contributed by atoms with Crippen LogP contribution in [0.15, 0.2) is 47.5 Å². The molecule has 0 aliphatic heterocycles. The first-order valence-corrected chi connectivity index (χ1v) is 6.72. The molecule has 0 aliphatic carbocycles. The molecule has 0 fully saturated rings. The average Bonchev–Trinajstić information content (AvgIpc) is 2.38. The van der Waals surface area contributed by atoms with Crippen molar-refractivity contribution in [2.24, 2.45) is 0 Å². The monoisotopic (exact) mass is 276 g/mol. The lowest BCUT2D eigenvalue weighted by molar-refractivity contribution is -0.116. The van der Waals surface area contributed by atoms with E-state index in [2.05, 4.69) is 4.98 Å². The standard InChI is InChI=1S/C14H13FN2OS/c15-11-1-3-13(4-2-11)19-9-12(18)7-10-5-6-17-14(16)8-10/h1-6,8H,7,9H2,(H2,16,17). The van der Waals surface area contributed by atoms with Gasteiger partial charge in [0.2, 0.25) is 0 Å². The molecule has 98 valence electrons. The van der Waals surface area contributed by atoms with Crippen LogP contribution >= 0.6 is 11.8 Å². The summed E-state index contributed by atoms with van der Waals surface area (Å²) in [5.74, 6) is 0.591. The number of Topliss-reactive ketones (excluding diaryl/α,β-unsaturated/α-hetero) is 1. The van der Waals surface area contributed by atoms with Crippen LogP contribution in [0.2, 0.25) is 0 Å². The van der Waals surface area contributed by atoms with Crippen molar-refractivity contribution in [2.75, 3.05) is 11.5 Å². The Kier molecular flexibility index (Phi) is 4.52. The van der Waals surface area contributed by atoms with E-state index in [0.29, 0.717) is 18.0 Å². The molecular weight excluding hydrogens is 263 g/mol. The van der Waals surface area contributed by atoms with E-state index in [1.807, 2.05) is 0 Å². The molecular formula is C14H13FN2OS. The van der Waals surface area contributed by atoms with E-state index < -0.39 is 0 Å². The third-order valence-electron chi connectivity index (χ3n) is 2.46. The van der Waals surface area contributed by atoms with Gasteiger partial charge in [-0.2, -0.15) is 0 Å². The number of pyridine rings is 1. The molecule has 2 rings (SSSR count). The number of hydrogen-bond donors (Lipinski definition) is 1. The first-order chi connectivity index (χ1) is 9.13. The van der Waals surface area contributed by atoms with E-state index in [4.69, 9.17) is 5.73 Å². The van der Waals surface area contributed by atoms with Gasteiger partial charge in [0.1, 0.15) is 17.4 Å². The van der Waals surface area contributed by atoms with Crippen LogP contribution in [0, 0.1) is 5.82 Å². The summed E-state index contributed by atoms with van der Waals surface area (Å²) in [6.07, 6.45) is 1.92. The number of aromatic nitrogens is 1. The summed E-state index contributed by atoms with van der Waals surface area (Å²) in [4.78, 5) is 16.6. The minimum atomic E-state index is -0.275. The number of nitrogen functional groups attached to an aromatic ring is 1. The molecule has 19 heavy (non-hydrogen) atoms. The Morgan fingerprint density at radius 3 is 2.68 bits per heavy atom. The third kappa shape index (κ3) is 4.37. The zero-order valence-corrected chi connectivity index (χ0v) is 11.0. The van der Waals surface area contributed by atoms with Crippen molar-refractivity contribution in [2.45, 2.75) is 11.3 Å². The normalized spacial score (nSPS) is 10.4. The Labute approximate surface area is 115 Å². The molecule has 0 atom stereocenters. The maximum absolute atomic E-state index is 12.7. The van der Waals surface area contributed by atoms with Gasteiger partial charge in [-0.15, -0.1) is 11.8 Å². The van der Waals surface area contributed by atoms with E-state index in [1.165, 1.54) is 23.9 Å². The average molecular weight is 276 g/mol. The Morgan fingerprint density at radius 2 is 2.00 bits per heavy atom. The van der Waals surface area contributed by atoms with Gasteiger partial charge in [-0.25, -0.2) is 9.37 Å². The van der Waals surface area contributed by atoms with Crippen LogP contribution in [0.25, 0.3) is 0 Å². The summed E-state index contributed by atoms with van der Waals surface area (Å²) in [6, 6.07) is 9.57. The predicted octanol–water partition coefficient (Wildman–Crippen LogP) is 2.71. The molecule has 0 bridgehead atoms. The molecule has 0 saturated carbocycles. The van der Waals surface area contributed by atoms with Gasteiger partial charge in [-0.3, -0.25) is 4.79 Å². The Morgan fingerprint density at radius 1 is 1.26 bits per heavy atom. The summed E-state index contributed by atoms with van der Waals surface area (Å²) in [7, 11) is 0. The molecule has 2 N–H and O–H groups in total. The number of nitrogens with zero attached hydrogens (tertiary/aromatic N) is 1. The van der Waals surface area contributed by atoms with Gasteiger partial charge in [0.15, 0.2) is 0 Å². The van der Waals surface area contributed by atoms with E-state index in [0.717, 1.165) is 10.5 Å². The van der Waals surface area contributed by atoms with Crippen LogP contribution in [-0.4, -0.2) is 16.5 Å². The van der Waals surface area contributed by atoms with Crippen LogP contribution < -0.4 is 5.73 Å². The molecule has 0 radical (unpaired) electrons. The molecule has 1 aromatic carbocycles. The summed E-state index contributed by atoms with van der Waals surface area (Å²) in [5, 5.41) is 0. The van der Waals surface area contributed by atoms with Crippen molar-refractivity contribution in [1.29, 1.82) is 0 Å². The van der Waals surface area contributed by atoms with Gasteiger partial charge in [-0.05, 0) is 42.0 Å². The molecule has 3 nitrogen and oxygen atoms in total. The summed E-state index contributed by atoms with van der Waals surface area (Å²) in [5.41, 5.74) is 6.41. The zero-order chi connectivity index (χ0) is 13.7. The van der Waals surface area contributed by atoms with Gasteiger partial charge in [0.25, 0.3) is 0 Å². The van der Waals surface area contributed by atoms with Crippen molar-refractivity contribution in [3.05, 3.63) is 54.0 Å². The van der Waals surface area contributed by atoms with Crippen LogP contribution in [0.4, 0.5) is 10.2 Å². The van der Waals surface area contributed by atoms with Crippen molar-refractivity contribution in [1.82, 2.24) is 4.98 Å². The molecule has 0 unspecified atom stereocenters. The highest BCUT2D eigenvalue weighted by atomic mass is 32.2. The van der Waals surface area contributed by atoms with Gasteiger partial charge in [0.05, 0.1) is 5.75 Å². The lowest BCUT2D eigenvalue weighted by Crippen LogP contribution is -2.06. The topological polar surface area (TPSA) is 56.0 Å². The van der Waals surface area contributed by atoms with Crippen molar-refractivity contribution in [3.8, 4) is 0 Å². The number of thioether (sulfide) groups is 1. The first kappa shape index (κ1) is 13.5. The quantitative estimate of drug-likeness (QED) is 0.853. The van der Waals surface area contributed by atoms with Crippen LogP contribution in [-0.2, 0) is 11.2 Å². The minimum Gasteiger partial charge on any atom is -0.384 e. The molecule has 1 aromatic heterocycles. The molecule has 5 heteroatoms. The number of carbonyl (C=O) groups excluding carboxylic acids is 1. The highest BCUT2D eigenvalue weighted by Crippen LogP contribution is 2.18. The Balaban J connectivity index is 1.86. The van der Waals surface area contributed by atoms with Crippen molar-refractivity contribution >= 4 is 23.4 Å². The summed E-state index contributed by atoms with van der Waals surface area (Å²) < 4.78 is 12.7. The summed E-state index contributed by atoms with van der Waals surface area (Å²) in [6.45, 7) is 0. The van der Waals surface area contributed by atoms with Gasteiger partial charge in [0, 0.05) is 17.5 Å². The number of benzene rings is 1. The smallest absolute Gasteiger partial charge is 0.147 e. The van der Waals surface area contributed by atoms with E-state index in [9.17, 15) is 9.18 Å². The van der Waals surface area contributed by atoms with Gasteiger partial charge >= 0.3 is 0 Å². The fourth-order valence-electron chi connectivity index (χ4n) is 1.58. The minimum absolute atomic E-state index is 0.0972.